The first-order chi connectivity index (χ1) is 12.3. The summed E-state index contributed by atoms with van der Waals surface area (Å²) in [4.78, 5) is 10.1. The number of sulfonamides is 1. The Bertz CT molecular complexity index is 917. The summed E-state index contributed by atoms with van der Waals surface area (Å²) in [6.45, 7) is 4.28. The lowest BCUT2D eigenvalue weighted by Crippen LogP contribution is -2.14. The van der Waals surface area contributed by atoms with E-state index < -0.39 is 14.9 Å². The summed E-state index contributed by atoms with van der Waals surface area (Å²) >= 11 is 5.95. The summed E-state index contributed by atoms with van der Waals surface area (Å²) in [7, 11) is -4.04. The quantitative estimate of drug-likeness (QED) is 0.532. The van der Waals surface area contributed by atoms with Crippen molar-refractivity contribution in [3.63, 3.8) is 0 Å². The molecule has 2 aromatic carbocycles. The Balaban J connectivity index is 2.40. The Labute approximate surface area is 155 Å². The molecule has 140 valence electrons. The van der Waals surface area contributed by atoms with Crippen LogP contribution in [0.2, 0.25) is 5.02 Å². The number of hydrogen-bond donors (Lipinski definition) is 1. The molecule has 0 unspecified atom stereocenters. The highest BCUT2D eigenvalue weighted by Crippen LogP contribution is 2.33. The van der Waals surface area contributed by atoms with Gasteiger partial charge in [-0.05, 0) is 32.0 Å². The zero-order valence-electron chi connectivity index (χ0n) is 14.1. The minimum Gasteiger partial charge on any atom is -0.490 e. The third-order valence-corrected chi connectivity index (χ3v) is 4.92. The lowest BCUT2D eigenvalue weighted by atomic mass is 10.3. The van der Waals surface area contributed by atoms with Crippen LogP contribution >= 0.6 is 11.6 Å². The van der Waals surface area contributed by atoms with E-state index in [9.17, 15) is 18.5 Å². The molecule has 1 N–H and O–H groups in total. The zero-order valence-corrected chi connectivity index (χ0v) is 15.6. The minimum atomic E-state index is -4.04. The average Bonchev–Trinajstić information content (AvgIpc) is 2.58. The summed E-state index contributed by atoms with van der Waals surface area (Å²) in [5.74, 6) is 0.698. The van der Waals surface area contributed by atoms with Crippen LogP contribution < -0.4 is 14.2 Å². The molecule has 26 heavy (non-hydrogen) atoms. The van der Waals surface area contributed by atoms with Gasteiger partial charge in [0.1, 0.15) is 0 Å². The van der Waals surface area contributed by atoms with Gasteiger partial charge in [0, 0.05) is 18.2 Å². The second-order valence-corrected chi connectivity index (χ2v) is 7.09. The molecule has 0 radical (unpaired) electrons. The van der Waals surface area contributed by atoms with E-state index >= 15 is 0 Å². The van der Waals surface area contributed by atoms with E-state index in [0.717, 1.165) is 6.07 Å². The molecule has 2 aromatic rings. The lowest BCUT2D eigenvalue weighted by Gasteiger charge is -2.14. The second-order valence-electron chi connectivity index (χ2n) is 5.00. The molecule has 0 fully saturated rings. The molecule has 0 amide bonds. The summed E-state index contributed by atoms with van der Waals surface area (Å²) in [6, 6.07) is 7.64. The van der Waals surface area contributed by atoms with Gasteiger partial charge in [0.15, 0.2) is 11.5 Å². The summed E-state index contributed by atoms with van der Waals surface area (Å²) in [6.07, 6.45) is 0. The monoisotopic (exact) mass is 400 g/mol. The third-order valence-electron chi connectivity index (χ3n) is 3.23. The fraction of sp³-hybridized carbons (Fsp3) is 0.250. The number of ether oxygens (including phenoxy) is 2. The molecule has 0 heterocycles. The van der Waals surface area contributed by atoms with Crippen molar-refractivity contribution in [2.75, 3.05) is 17.9 Å². The fourth-order valence-electron chi connectivity index (χ4n) is 2.11. The first-order valence-electron chi connectivity index (χ1n) is 7.65. The summed E-state index contributed by atoms with van der Waals surface area (Å²) in [5, 5.41) is 10.9. The van der Waals surface area contributed by atoms with E-state index in [-0.39, 0.29) is 27.0 Å². The lowest BCUT2D eigenvalue weighted by molar-refractivity contribution is -0.384. The van der Waals surface area contributed by atoms with Crippen molar-refractivity contribution in [2.24, 2.45) is 0 Å². The number of halogens is 1. The van der Waals surface area contributed by atoms with Crippen LogP contribution in [-0.2, 0) is 10.0 Å². The summed E-state index contributed by atoms with van der Waals surface area (Å²) in [5.41, 5.74) is -0.374. The van der Waals surface area contributed by atoms with Crippen LogP contribution in [0.3, 0.4) is 0 Å². The van der Waals surface area contributed by atoms with Gasteiger partial charge >= 0.3 is 0 Å². The molecule has 0 aliphatic rings. The molecule has 0 aromatic heterocycles. The first-order valence-corrected chi connectivity index (χ1v) is 9.51. The number of nitrogens with zero attached hydrogens (tertiary/aromatic N) is 1. The number of rotatable bonds is 8. The Morgan fingerprint density at radius 3 is 2.35 bits per heavy atom. The zero-order chi connectivity index (χ0) is 19.3. The maximum atomic E-state index is 12.6. The number of nitro groups is 1. The van der Waals surface area contributed by atoms with Gasteiger partial charge in [0.05, 0.1) is 33.7 Å². The number of benzene rings is 2. The van der Waals surface area contributed by atoms with Crippen molar-refractivity contribution in [1.29, 1.82) is 0 Å². The second kappa shape index (κ2) is 8.24. The van der Waals surface area contributed by atoms with Gasteiger partial charge in [-0.15, -0.1) is 0 Å². The Kier molecular flexibility index (Phi) is 6.27. The molecule has 0 aliphatic heterocycles. The molecule has 8 nitrogen and oxygen atoms in total. The van der Waals surface area contributed by atoms with Crippen molar-refractivity contribution in [3.8, 4) is 11.5 Å². The number of non-ortho nitro benzene ring substituents is 1. The molecular formula is C16H17ClN2O6S. The van der Waals surface area contributed by atoms with Crippen molar-refractivity contribution in [2.45, 2.75) is 18.7 Å². The molecule has 2 rings (SSSR count). The van der Waals surface area contributed by atoms with Crippen molar-refractivity contribution < 1.29 is 22.8 Å². The SMILES string of the molecule is CCOc1ccc(S(=O)(=O)Nc2cc([N+](=O)[O-])ccc2Cl)cc1OCC. The van der Waals surface area contributed by atoms with E-state index in [1.165, 1.54) is 30.3 Å². The van der Waals surface area contributed by atoms with E-state index in [0.29, 0.717) is 19.0 Å². The Morgan fingerprint density at radius 2 is 1.73 bits per heavy atom. The summed E-state index contributed by atoms with van der Waals surface area (Å²) < 4.78 is 38.3. The van der Waals surface area contributed by atoms with Gasteiger partial charge in [-0.3, -0.25) is 14.8 Å². The molecule has 10 heteroatoms. The van der Waals surface area contributed by atoms with Gasteiger partial charge < -0.3 is 9.47 Å². The van der Waals surface area contributed by atoms with Crippen LogP contribution in [0.4, 0.5) is 11.4 Å². The van der Waals surface area contributed by atoms with E-state index in [1.807, 2.05) is 0 Å². The third kappa shape index (κ3) is 4.55. The number of hydrogen-bond acceptors (Lipinski definition) is 6. The van der Waals surface area contributed by atoms with E-state index in [4.69, 9.17) is 21.1 Å². The van der Waals surface area contributed by atoms with Crippen LogP contribution in [0.25, 0.3) is 0 Å². The fourth-order valence-corrected chi connectivity index (χ4v) is 3.41. The van der Waals surface area contributed by atoms with Crippen molar-refractivity contribution in [1.82, 2.24) is 0 Å². The van der Waals surface area contributed by atoms with Gasteiger partial charge in [-0.25, -0.2) is 8.42 Å². The standard InChI is InChI=1S/C16H17ClN2O6S/c1-3-24-15-8-6-12(10-16(15)25-4-2)26(22,23)18-14-9-11(19(20)21)5-7-13(14)17/h5-10,18H,3-4H2,1-2H3. The Hall–Kier alpha value is -2.52. The van der Waals surface area contributed by atoms with Gasteiger partial charge in [0.25, 0.3) is 15.7 Å². The maximum absolute atomic E-state index is 12.6. The smallest absolute Gasteiger partial charge is 0.271 e. The molecular weight excluding hydrogens is 384 g/mol. The van der Waals surface area contributed by atoms with Crippen molar-refractivity contribution in [3.05, 3.63) is 51.5 Å². The van der Waals surface area contributed by atoms with Gasteiger partial charge in [0.2, 0.25) is 0 Å². The topological polar surface area (TPSA) is 108 Å². The number of nitrogens with one attached hydrogen (secondary N) is 1. The molecule has 0 saturated carbocycles. The predicted molar refractivity (Wildman–Crippen MR) is 97.7 cm³/mol. The number of anilines is 1. The first kappa shape index (κ1) is 19.8. The number of nitro benzene ring substituents is 1. The van der Waals surface area contributed by atoms with Gasteiger partial charge in [-0.2, -0.15) is 0 Å². The average molecular weight is 401 g/mol. The molecule has 0 saturated heterocycles. The maximum Gasteiger partial charge on any atom is 0.271 e. The van der Waals surface area contributed by atoms with Crippen LogP contribution in [0, 0.1) is 10.1 Å². The van der Waals surface area contributed by atoms with E-state index in [1.54, 1.807) is 13.8 Å². The minimum absolute atomic E-state index is 0.0372. The largest absolute Gasteiger partial charge is 0.490 e. The van der Waals surface area contributed by atoms with Crippen LogP contribution in [-0.4, -0.2) is 26.6 Å². The normalized spacial score (nSPS) is 11.0. The Morgan fingerprint density at radius 1 is 1.08 bits per heavy atom. The molecule has 0 bridgehead atoms. The van der Waals surface area contributed by atoms with Crippen LogP contribution in [0.15, 0.2) is 41.3 Å². The molecule has 0 spiro atoms. The van der Waals surface area contributed by atoms with Crippen molar-refractivity contribution >= 4 is 33.0 Å². The van der Waals surface area contributed by atoms with Crippen LogP contribution in [0.1, 0.15) is 13.8 Å². The molecule has 0 atom stereocenters. The molecule has 0 aliphatic carbocycles. The van der Waals surface area contributed by atoms with E-state index in [2.05, 4.69) is 4.72 Å². The van der Waals surface area contributed by atoms with Crippen LogP contribution in [0.5, 0.6) is 11.5 Å². The highest BCUT2D eigenvalue weighted by Gasteiger charge is 2.20. The predicted octanol–water partition coefficient (Wildman–Crippen LogP) is 3.85. The van der Waals surface area contributed by atoms with Gasteiger partial charge in [-0.1, -0.05) is 11.6 Å². The highest BCUT2D eigenvalue weighted by atomic mass is 35.5. The highest BCUT2D eigenvalue weighted by molar-refractivity contribution is 7.92.